The highest BCUT2D eigenvalue weighted by atomic mass is 15.0. The standard InChI is InChI=1S/C14H19N/c1-13-9-5-6-10-14(13,2)15-12-8-4-3-7-11(12)13/h3-4,7-8,15H,5-6,9-10H2,1-2H3/t13?,14-/m0/s1. The van der Waals surface area contributed by atoms with Crippen molar-refractivity contribution in [2.75, 3.05) is 5.32 Å². The fraction of sp³-hybridized carbons (Fsp3) is 0.571. The molecule has 1 aromatic carbocycles. The highest BCUT2D eigenvalue weighted by Gasteiger charge is 2.52. The van der Waals surface area contributed by atoms with Crippen LogP contribution in [0.1, 0.15) is 45.1 Å². The lowest BCUT2D eigenvalue weighted by Gasteiger charge is -2.45. The van der Waals surface area contributed by atoms with Gasteiger partial charge in [-0.25, -0.2) is 0 Å². The zero-order valence-electron chi connectivity index (χ0n) is 9.64. The van der Waals surface area contributed by atoms with E-state index in [1.54, 1.807) is 0 Å². The zero-order chi connectivity index (χ0) is 10.5. The number of nitrogens with one attached hydrogen (secondary N) is 1. The van der Waals surface area contributed by atoms with Crippen LogP contribution in [0, 0.1) is 0 Å². The van der Waals surface area contributed by atoms with Gasteiger partial charge in [0.2, 0.25) is 0 Å². The molecule has 0 bridgehead atoms. The van der Waals surface area contributed by atoms with Gasteiger partial charge in [0.25, 0.3) is 0 Å². The molecule has 0 amide bonds. The smallest absolute Gasteiger partial charge is 0.0440 e. The van der Waals surface area contributed by atoms with E-state index in [0.29, 0.717) is 5.41 Å². The van der Waals surface area contributed by atoms with E-state index in [0.717, 1.165) is 0 Å². The second-order valence-corrected chi connectivity index (χ2v) is 5.54. The Labute approximate surface area is 91.9 Å². The van der Waals surface area contributed by atoms with E-state index in [2.05, 4.69) is 43.4 Å². The molecule has 80 valence electrons. The normalized spacial score (nSPS) is 38.0. The van der Waals surface area contributed by atoms with Gasteiger partial charge in [-0.3, -0.25) is 0 Å². The Hall–Kier alpha value is -0.980. The summed E-state index contributed by atoms with van der Waals surface area (Å²) in [6.07, 6.45) is 5.38. The van der Waals surface area contributed by atoms with Crippen molar-refractivity contribution in [2.24, 2.45) is 0 Å². The zero-order valence-corrected chi connectivity index (χ0v) is 9.64. The molecule has 1 heterocycles. The molecule has 1 N–H and O–H groups in total. The topological polar surface area (TPSA) is 12.0 Å². The third-order valence-corrected chi connectivity index (χ3v) is 4.75. The van der Waals surface area contributed by atoms with Crippen molar-refractivity contribution in [1.82, 2.24) is 0 Å². The molecule has 0 radical (unpaired) electrons. The van der Waals surface area contributed by atoms with E-state index in [4.69, 9.17) is 0 Å². The second-order valence-electron chi connectivity index (χ2n) is 5.54. The lowest BCUT2D eigenvalue weighted by atomic mass is 9.62. The van der Waals surface area contributed by atoms with Gasteiger partial charge in [-0.1, -0.05) is 38.0 Å². The van der Waals surface area contributed by atoms with Crippen molar-refractivity contribution in [2.45, 2.75) is 50.5 Å². The Kier molecular flexibility index (Phi) is 1.72. The minimum absolute atomic E-state index is 0.287. The summed E-state index contributed by atoms with van der Waals surface area (Å²) in [4.78, 5) is 0. The van der Waals surface area contributed by atoms with Crippen LogP contribution in [0.25, 0.3) is 0 Å². The molecule has 1 heteroatoms. The Bertz CT molecular complexity index is 398. The predicted molar refractivity (Wildman–Crippen MR) is 64.3 cm³/mol. The van der Waals surface area contributed by atoms with Crippen molar-refractivity contribution < 1.29 is 0 Å². The Balaban J connectivity index is 2.17. The minimum Gasteiger partial charge on any atom is -0.379 e. The van der Waals surface area contributed by atoms with Crippen LogP contribution >= 0.6 is 0 Å². The summed E-state index contributed by atoms with van der Waals surface area (Å²) in [5.41, 5.74) is 3.54. The van der Waals surface area contributed by atoms with Gasteiger partial charge < -0.3 is 5.32 Å². The molecule has 15 heavy (non-hydrogen) atoms. The van der Waals surface area contributed by atoms with Gasteiger partial charge >= 0.3 is 0 Å². The molecule has 3 rings (SSSR count). The summed E-state index contributed by atoms with van der Waals surface area (Å²) < 4.78 is 0. The maximum atomic E-state index is 3.75. The lowest BCUT2D eigenvalue weighted by molar-refractivity contribution is 0.214. The van der Waals surface area contributed by atoms with E-state index in [1.165, 1.54) is 36.9 Å². The van der Waals surface area contributed by atoms with Crippen molar-refractivity contribution in [3.8, 4) is 0 Å². The fourth-order valence-electron chi connectivity index (χ4n) is 3.51. The number of rotatable bonds is 0. The predicted octanol–water partition coefficient (Wildman–Crippen LogP) is 3.70. The number of anilines is 1. The fourth-order valence-corrected chi connectivity index (χ4v) is 3.51. The van der Waals surface area contributed by atoms with Gasteiger partial charge in [0.15, 0.2) is 0 Å². The molecular weight excluding hydrogens is 182 g/mol. The average molecular weight is 201 g/mol. The van der Waals surface area contributed by atoms with Crippen LogP contribution in [-0.4, -0.2) is 5.54 Å². The van der Waals surface area contributed by atoms with Crippen molar-refractivity contribution in [1.29, 1.82) is 0 Å². The van der Waals surface area contributed by atoms with Gasteiger partial charge in [-0.05, 0) is 31.4 Å². The molecule has 1 nitrogen and oxygen atoms in total. The van der Waals surface area contributed by atoms with Gasteiger partial charge in [0.1, 0.15) is 0 Å². The average Bonchev–Trinajstić information content (AvgIpc) is 2.47. The maximum Gasteiger partial charge on any atom is 0.0440 e. The third-order valence-electron chi connectivity index (χ3n) is 4.75. The Morgan fingerprint density at radius 1 is 1.07 bits per heavy atom. The largest absolute Gasteiger partial charge is 0.379 e. The van der Waals surface area contributed by atoms with Crippen molar-refractivity contribution in [3.05, 3.63) is 29.8 Å². The molecule has 2 atom stereocenters. The molecule has 0 saturated heterocycles. The van der Waals surface area contributed by atoms with E-state index in [9.17, 15) is 0 Å². The van der Waals surface area contributed by atoms with Crippen LogP contribution in [0.15, 0.2) is 24.3 Å². The molecule has 2 aliphatic rings. The summed E-state index contributed by atoms with van der Waals surface area (Å²) in [5.74, 6) is 0. The Morgan fingerprint density at radius 3 is 2.67 bits per heavy atom. The van der Waals surface area contributed by atoms with Gasteiger partial charge in [0, 0.05) is 16.6 Å². The highest BCUT2D eigenvalue weighted by Crippen LogP contribution is 2.54. The van der Waals surface area contributed by atoms with Crippen LogP contribution < -0.4 is 5.32 Å². The first kappa shape index (κ1) is 9.26. The first-order valence-corrected chi connectivity index (χ1v) is 6.03. The number of hydrogen-bond acceptors (Lipinski definition) is 1. The third kappa shape index (κ3) is 1.04. The number of fused-ring (bicyclic) bond motifs is 3. The van der Waals surface area contributed by atoms with E-state index in [-0.39, 0.29) is 5.54 Å². The Morgan fingerprint density at radius 2 is 1.80 bits per heavy atom. The second kappa shape index (κ2) is 2.78. The lowest BCUT2D eigenvalue weighted by Crippen LogP contribution is -2.50. The van der Waals surface area contributed by atoms with Crippen LogP contribution in [0.4, 0.5) is 5.69 Å². The van der Waals surface area contributed by atoms with Crippen LogP contribution in [0.2, 0.25) is 0 Å². The van der Waals surface area contributed by atoms with E-state index >= 15 is 0 Å². The van der Waals surface area contributed by atoms with Crippen LogP contribution in [-0.2, 0) is 5.41 Å². The molecule has 1 aromatic rings. The van der Waals surface area contributed by atoms with Gasteiger partial charge in [0.05, 0.1) is 0 Å². The number of hydrogen-bond donors (Lipinski definition) is 1. The van der Waals surface area contributed by atoms with E-state index < -0.39 is 0 Å². The minimum atomic E-state index is 0.287. The first-order chi connectivity index (χ1) is 7.16. The van der Waals surface area contributed by atoms with Gasteiger partial charge in [-0.2, -0.15) is 0 Å². The SMILES string of the molecule is CC12CCCC[C@]1(C)Nc1ccccc12. The van der Waals surface area contributed by atoms with Crippen molar-refractivity contribution >= 4 is 5.69 Å². The maximum absolute atomic E-state index is 3.75. The number of para-hydroxylation sites is 1. The summed E-state index contributed by atoms with van der Waals surface area (Å²) in [6.45, 7) is 4.83. The van der Waals surface area contributed by atoms with Crippen LogP contribution in [0.5, 0.6) is 0 Å². The quantitative estimate of drug-likeness (QED) is 0.675. The van der Waals surface area contributed by atoms with Crippen molar-refractivity contribution in [3.63, 3.8) is 0 Å². The first-order valence-electron chi connectivity index (χ1n) is 6.03. The monoisotopic (exact) mass is 201 g/mol. The summed E-state index contributed by atoms with van der Waals surface area (Å²) in [5, 5.41) is 3.75. The summed E-state index contributed by atoms with van der Waals surface area (Å²) in [6, 6.07) is 8.84. The molecule has 1 aliphatic carbocycles. The molecule has 1 unspecified atom stereocenters. The van der Waals surface area contributed by atoms with Gasteiger partial charge in [-0.15, -0.1) is 0 Å². The molecule has 1 aliphatic heterocycles. The summed E-state index contributed by atoms with van der Waals surface area (Å²) >= 11 is 0. The molecule has 0 spiro atoms. The molecule has 1 saturated carbocycles. The summed E-state index contributed by atoms with van der Waals surface area (Å²) in [7, 11) is 0. The van der Waals surface area contributed by atoms with E-state index in [1.807, 2.05) is 0 Å². The number of benzene rings is 1. The van der Waals surface area contributed by atoms with Crippen LogP contribution in [0.3, 0.4) is 0 Å². The molecule has 0 aromatic heterocycles. The molecular formula is C14H19N. The highest BCUT2D eigenvalue weighted by molar-refractivity contribution is 5.64. The molecule has 1 fully saturated rings.